The summed E-state index contributed by atoms with van der Waals surface area (Å²) in [6.07, 6.45) is 6.75. The van der Waals surface area contributed by atoms with Crippen LogP contribution in [0.3, 0.4) is 0 Å². The van der Waals surface area contributed by atoms with Gasteiger partial charge >= 0.3 is 18.2 Å². The topological polar surface area (TPSA) is 313 Å². The number of piperidine rings is 1. The summed E-state index contributed by atoms with van der Waals surface area (Å²) in [6, 6.07) is 18.4. The van der Waals surface area contributed by atoms with Gasteiger partial charge in [0.15, 0.2) is 5.78 Å². The van der Waals surface area contributed by atoms with E-state index in [1.54, 1.807) is 102 Å². The smallest absolute Gasteiger partial charge is 0.410 e. The lowest BCUT2D eigenvalue weighted by Crippen LogP contribution is -2.45. The number of para-hydroxylation sites is 1. The molecular weight excluding hydrogens is 1070 g/mol. The van der Waals surface area contributed by atoms with Gasteiger partial charge in [0.1, 0.15) is 6.61 Å². The highest BCUT2D eigenvalue weighted by atomic mass is 35.5. The van der Waals surface area contributed by atoms with Crippen molar-refractivity contribution in [2.45, 2.75) is 65.0 Å². The lowest BCUT2D eigenvalue weighted by Gasteiger charge is -2.31. The van der Waals surface area contributed by atoms with Crippen LogP contribution in [-0.2, 0) is 49.5 Å². The molecule has 0 radical (unpaired) electrons. The van der Waals surface area contributed by atoms with Crippen LogP contribution < -0.4 is 37.6 Å². The molecule has 25 heteroatoms. The van der Waals surface area contributed by atoms with E-state index in [0.717, 1.165) is 4.90 Å². The number of Topliss-reactive ketones (excluding diaryl/α,β-unsaturated/α-hetero) is 1. The van der Waals surface area contributed by atoms with Gasteiger partial charge in [-0.1, -0.05) is 55.8 Å². The summed E-state index contributed by atoms with van der Waals surface area (Å²) in [6.45, 7) is 6.44. The number of imide groups is 1. The van der Waals surface area contributed by atoms with E-state index in [4.69, 9.17) is 36.3 Å². The van der Waals surface area contributed by atoms with E-state index in [1.165, 1.54) is 18.3 Å². The first-order valence-electron chi connectivity index (χ1n) is 26.7. The van der Waals surface area contributed by atoms with Crippen molar-refractivity contribution in [1.29, 1.82) is 0 Å². The maximum absolute atomic E-state index is 13.7. The number of likely N-dealkylation sites (tertiary alicyclic amines) is 1. The number of halogens is 1. The molecule has 6 rings (SSSR count). The normalized spacial score (nSPS) is 14.1. The van der Waals surface area contributed by atoms with Gasteiger partial charge in [-0.2, -0.15) is 5.10 Å². The van der Waals surface area contributed by atoms with Gasteiger partial charge in [0.2, 0.25) is 11.8 Å². The van der Waals surface area contributed by atoms with Crippen LogP contribution in [0.1, 0.15) is 68.3 Å². The number of ether oxygens (including phenoxy) is 4. The van der Waals surface area contributed by atoms with Crippen LogP contribution in [0.2, 0.25) is 5.02 Å². The second-order valence-corrected chi connectivity index (χ2v) is 19.9. The average Bonchev–Trinajstić information content (AvgIpc) is 4.06. The summed E-state index contributed by atoms with van der Waals surface area (Å²) in [4.78, 5) is 116. The number of nitrogens with zero attached hydrogens (tertiary/aromatic N) is 4. The van der Waals surface area contributed by atoms with Crippen LogP contribution in [0.15, 0.2) is 97.3 Å². The summed E-state index contributed by atoms with van der Waals surface area (Å²) >= 11 is 6.14. The number of aromatic nitrogens is 2. The molecule has 0 spiro atoms. The number of nitrogens with two attached hydrogens (primary N) is 1. The van der Waals surface area contributed by atoms with Gasteiger partial charge in [0.05, 0.1) is 86.7 Å². The lowest BCUT2D eigenvalue weighted by molar-refractivity contribution is -0.137. The summed E-state index contributed by atoms with van der Waals surface area (Å²) in [7, 11) is 0. The summed E-state index contributed by atoms with van der Waals surface area (Å²) in [5, 5.41) is 21.3. The van der Waals surface area contributed by atoms with Crippen molar-refractivity contribution in [3.63, 3.8) is 0 Å². The van der Waals surface area contributed by atoms with E-state index >= 15 is 0 Å². The van der Waals surface area contributed by atoms with Crippen LogP contribution in [0.5, 0.6) is 0 Å². The molecule has 0 unspecified atom stereocenters. The van der Waals surface area contributed by atoms with Gasteiger partial charge in [0, 0.05) is 68.3 Å². The predicted octanol–water partition coefficient (Wildman–Crippen LogP) is 5.42. The first-order chi connectivity index (χ1) is 39.0. The van der Waals surface area contributed by atoms with Crippen LogP contribution in [0, 0.1) is 17.8 Å². The third-order valence-corrected chi connectivity index (χ3v) is 13.4. The molecule has 1 fully saturated rings. The van der Waals surface area contributed by atoms with E-state index in [2.05, 4.69) is 37.0 Å². The Labute approximate surface area is 474 Å². The Hall–Kier alpha value is -8.19. The van der Waals surface area contributed by atoms with Gasteiger partial charge in [-0.05, 0) is 85.5 Å². The number of carbonyl (C=O) groups is 9. The number of nitrogens with one attached hydrogen (secondary N) is 6. The highest BCUT2D eigenvalue weighted by molar-refractivity contribution is 6.33. The van der Waals surface area contributed by atoms with Gasteiger partial charge in [-0.3, -0.25) is 33.7 Å². The molecule has 8 N–H and O–H groups in total. The molecule has 2 aliphatic heterocycles. The summed E-state index contributed by atoms with van der Waals surface area (Å²) < 4.78 is 23.6. The molecule has 24 nitrogen and oxygen atoms in total. The van der Waals surface area contributed by atoms with E-state index in [9.17, 15) is 43.2 Å². The minimum atomic E-state index is -0.880. The monoisotopic (exact) mass is 1140 g/mol. The van der Waals surface area contributed by atoms with Crippen LogP contribution >= 0.6 is 11.6 Å². The zero-order chi connectivity index (χ0) is 58.1. The third-order valence-electron chi connectivity index (χ3n) is 13.1. The number of amides is 10. The quantitative estimate of drug-likeness (QED) is 0.0245. The first kappa shape index (κ1) is 62.0. The fourth-order valence-electron chi connectivity index (χ4n) is 8.62. The zero-order valence-electron chi connectivity index (χ0n) is 45.3. The number of anilines is 3. The Morgan fingerprint density at radius 3 is 2.17 bits per heavy atom. The summed E-state index contributed by atoms with van der Waals surface area (Å²) in [5.41, 5.74) is 8.28. The van der Waals surface area contributed by atoms with Gasteiger partial charge in [-0.25, -0.2) is 19.1 Å². The second kappa shape index (κ2) is 32.2. The molecule has 1 aromatic heterocycles. The molecule has 1 saturated heterocycles. The fourth-order valence-corrected chi connectivity index (χ4v) is 8.81. The molecule has 434 valence electrons. The highest BCUT2D eigenvalue weighted by Gasteiger charge is 2.30. The molecule has 0 saturated carbocycles. The Balaban J connectivity index is 0.869. The maximum Gasteiger partial charge on any atom is 0.410 e. The van der Waals surface area contributed by atoms with Gasteiger partial charge in [-0.15, -0.1) is 0 Å². The molecule has 2 atom stereocenters. The lowest BCUT2D eigenvalue weighted by atomic mass is 9.89. The zero-order valence-corrected chi connectivity index (χ0v) is 46.1. The largest absolute Gasteiger partial charge is 0.445 e. The van der Waals surface area contributed by atoms with Crippen LogP contribution in [0.4, 0.5) is 31.4 Å². The maximum atomic E-state index is 13.7. The Morgan fingerprint density at radius 2 is 1.48 bits per heavy atom. The molecule has 81 heavy (non-hydrogen) atoms. The third kappa shape index (κ3) is 20.8. The standard InChI is InChI=1S/C56H70ClN11O13/c1-37(2)51(65-48(70)20-25-78-27-29-80-30-28-79-26-24-67-49(71)16-17-50(67)72)47(69)32-41(8-6-21-59-54(58)75)53(74)62-42-14-12-39(13-15-42)36-81-56(77)66-22-18-38(19-23-66)33-60-52(73)40-7-5-9-44(31-40)68-35-43(34-61-68)63-55(76)64-46-11-4-3-10-45(46)57/h3-5,7,9-17,31,34-35,37-38,41,51H,6,8,18-30,32-33,36H2,1-2H3,(H,60,73)(H,62,74)(H,65,70)(H3,58,59,75)(H2,63,64,76)/t41-,51+/m1/s1. The number of hydrogen-bond donors (Lipinski definition) is 7. The van der Waals surface area contributed by atoms with Crippen molar-refractivity contribution in [3.8, 4) is 5.69 Å². The van der Waals surface area contributed by atoms with Gasteiger partial charge in [0.25, 0.3) is 17.7 Å². The van der Waals surface area contributed by atoms with Crippen molar-refractivity contribution in [3.05, 3.63) is 113 Å². The van der Waals surface area contributed by atoms with Crippen molar-refractivity contribution >= 4 is 82.1 Å². The molecule has 0 aliphatic carbocycles. The Kier molecular flexibility index (Phi) is 24.6. The molecule has 2 aliphatic rings. The van der Waals surface area contributed by atoms with E-state index in [-0.39, 0.29) is 114 Å². The Morgan fingerprint density at radius 1 is 0.790 bits per heavy atom. The Bertz CT molecular complexity index is 2820. The number of primary amides is 1. The summed E-state index contributed by atoms with van der Waals surface area (Å²) in [5.74, 6) is -3.15. The SMILES string of the molecule is CC(C)[C@H](NC(=O)CCOCCOCCOCCN1C(=O)C=CC1=O)C(=O)C[C@@H](CCCNC(N)=O)C(=O)Nc1ccc(COC(=O)N2CCC(CNC(=O)c3cccc(-n4cc(NC(=O)Nc5ccccc5Cl)cn4)c3)CC2)cc1. The average molecular weight is 1140 g/mol. The number of hydrogen-bond acceptors (Lipinski definition) is 14. The number of urea groups is 2. The molecule has 3 heterocycles. The van der Waals surface area contributed by atoms with E-state index in [0.29, 0.717) is 77.8 Å². The molecular formula is C56H70ClN11O13. The minimum Gasteiger partial charge on any atom is -0.445 e. The van der Waals surface area contributed by atoms with Crippen molar-refractivity contribution in [2.24, 2.45) is 23.5 Å². The number of rotatable bonds is 31. The molecule has 4 aromatic rings. The van der Waals surface area contributed by atoms with Crippen molar-refractivity contribution in [2.75, 3.05) is 88.3 Å². The molecule has 3 aromatic carbocycles. The number of ketones is 1. The second-order valence-electron chi connectivity index (χ2n) is 19.5. The van der Waals surface area contributed by atoms with Crippen LogP contribution in [0.25, 0.3) is 5.69 Å². The fraction of sp³-hybridized carbons (Fsp3) is 0.429. The number of carbonyl (C=O) groups excluding carboxylic acids is 9. The van der Waals surface area contributed by atoms with E-state index in [1.807, 2.05) is 0 Å². The van der Waals surface area contributed by atoms with Gasteiger partial charge < -0.3 is 61.5 Å². The van der Waals surface area contributed by atoms with E-state index < -0.39 is 41.9 Å². The molecule has 10 amide bonds. The number of benzene rings is 3. The van der Waals surface area contributed by atoms with Crippen molar-refractivity contribution in [1.82, 2.24) is 35.5 Å². The first-order valence-corrected chi connectivity index (χ1v) is 27.1. The molecule has 0 bridgehead atoms. The van der Waals surface area contributed by atoms with Crippen molar-refractivity contribution < 1.29 is 62.1 Å². The minimum absolute atomic E-state index is 0.0177. The predicted molar refractivity (Wildman–Crippen MR) is 299 cm³/mol. The highest BCUT2D eigenvalue weighted by Crippen LogP contribution is 2.23. The van der Waals surface area contributed by atoms with Crippen LogP contribution in [-0.4, -0.2) is 151 Å².